The average molecular weight is 327 g/mol. The number of methoxy groups -OCH3 is 1. The number of carbonyl (C=O) groups is 1. The first-order chi connectivity index (χ1) is 11.5. The Morgan fingerprint density at radius 3 is 2.58 bits per heavy atom. The molecule has 0 atom stereocenters. The van der Waals surface area contributed by atoms with Crippen molar-refractivity contribution in [1.82, 2.24) is 9.78 Å². The second kappa shape index (κ2) is 6.11. The van der Waals surface area contributed by atoms with Crippen molar-refractivity contribution in [3.05, 3.63) is 64.2 Å². The van der Waals surface area contributed by atoms with Crippen molar-refractivity contribution in [2.75, 3.05) is 12.4 Å². The van der Waals surface area contributed by atoms with Crippen molar-refractivity contribution in [2.24, 2.45) is 7.05 Å². The van der Waals surface area contributed by atoms with Gasteiger partial charge >= 0.3 is 0 Å². The van der Waals surface area contributed by atoms with Crippen molar-refractivity contribution in [2.45, 2.75) is 0 Å². The molecule has 1 heterocycles. The van der Waals surface area contributed by atoms with E-state index >= 15 is 0 Å². The van der Waals surface area contributed by atoms with Gasteiger partial charge in [0.05, 0.1) is 18.0 Å². The molecule has 3 rings (SSSR count). The summed E-state index contributed by atoms with van der Waals surface area (Å²) in [5, 5.41) is 6.70. The molecule has 0 saturated carbocycles. The molecule has 0 spiro atoms. The summed E-state index contributed by atoms with van der Waals surface area (Å²) in [5.74, 6) is -0.567. The predicted molar refractivity (Wildman–Crippen MR) is 87.9 cm³/mol. The highest BCUT2D eigenvalue weighted by atomic mass is 19.1. The quantitative estimate of drug-likeness (QED) is 0.801. The van der Waals surface area contributed by atoms with Crippen LogP contribution in [0.15, 0.2) is 47.3 Å². The summed E-state index contributed by atoms with van der Waals surface area (Å²) in [5.41, 5.74) is 0.0198. The zero-order chi connectivity index (χ0) is 17.3. The summed E-state index contributed by atoms with van der Waals surface area (Å²) < 4.78 is 19.8. The Hall–Kier alpha value is -3.22. The van der Waals surface area contributed by atoms with E-state index in [4.69, 9.17) is 4.74 Å². The molecular formula is C17H14FN3O3. The maximum atomic E-state index is 13.4. The number of carbonyl (C=O) groups excluding carboxylic acids is 1. The average Bonchev–Trinajstić information content (AvgIpc) is 2.58. The highest BCUT2D eigenvalue weighted by Gasteiger charge is 2.17. The molecule has 0 aliphatic carbocycles. The van der Waals surface area contributed by atoms with E-state index in [2.05, 4.69) is 10.4 Å². The van der Waals surface area contributed by atoms with Crippen LogP contribution in [0.4, 0.5) is 10.1 Å². The predicted octanol–water partition coefficient (Wildman–Crippen LogP) is 2.33. The number of amides is 1. The van der Waals surface area contributed by atoms with Gasteiger partial charge in [-0.1, -0.05) is 0 Å². The van der Waals surface area contributed by atoms with Crippen LogP contribution in [-0.2, 0) is 7.05 Å². The van der Waals surface area contributed by atoms with E-state index in [0.29, 0.717) is 17.0 Å². The third-order valence-corrected chi connectivity index (χ3v) is 3.58. The van der Waals surface area contributed by atoms with Gasteiger partial charge in [-0.3, -0.25) is 14.3 Å². The molecule has 0 unspecified atom stereocenters. The Morgan fingerprint density at radius 2 is 1.92 bits per heavy atom. The minimum absolute atomic E-state index is 0.104. The standard InChI is InChI=1S/C17H14FN3O3/c1-21-14-8-3-10(18)9-13(14)16(22)15(20-21)17(23)19-11-4-6-12(24-2)7-5-11/h3-9H,1-2H3,(H,19,23). The fourth-order valence-electron chi connectivity index (χ4n) is 2.36. The molecular weight excluding hydrogens is 313 g/mol. The Balaban J connectivity index is 2.00. The van der Waals surface area contributed by atoms with E-state index in [9.17, 15) is 14.0 Å². The van der Waals surface area contributed by atoms with Crippen molar-refractivity contribution < 1.29 is 13.9 Å². The zero-order valence-corrected chi connectivity index (χ0v) is 13.0. The Morgan fingerprint density at radius 1 is 1.21 bits per heavy atom. The van der Waals surface area contributed by atoms with Crippen LogP contribution < -0.4 is 15.5 Å². The van der Waals surface area contributed by atoms with Crippen molar-refractivity contribution in [1.29, 1.82) is 0 Å². The van der Waals surface area contributed by atoms with E-state index in [1.54, 1.807) is 31.3 Å². The molecule has 3 aromatic rings. The first-order valence-electron chi connectivity index (χ1n) is 7.11. The molecule has 122 valence electrons. The SMILES string of the molecule is COc1ccc(NC(=O)c2nn(C)c3ccc(F)cc3c2=O)cc1. The van der Waals surface area contributed by atoms with Crippen LogP contribution >= 0.6 is 0 Å². The normalized spacial score (nSPS) is 10.6. The number of aryl methyl sites for hydroxylation is 1. The molecule has 7 heteroatoms. The second-order valence-corrected chi connectivity index (χ2v) is 5.15. The van der Waals surface area contributed by atoms with E-state index < -0.39 is 17.2 Å². The molecule has 1 amide bonds. The lowest BCUT2D eigenvalue weighted by Crippen LogP contribution is -2.26. The smallest absolute Gasteiger partial charge is 0.280 e. The monoisotopic (exact) mass is 327 g/mol. The maximum Gasteiger partial charge on any atom is 0.280 e. The summed E-state index contributed by atoms with van der Waals surface area (Å²) in [6.07, 6.45) is 0. The van der Waals surface area contributed by atoms with Crippen molar-refractivity contribution in [3.8, 4) is 5.75 Å². The number of anilines is 1. The largest absolute Gasteiger partial charge is 0.497 e. The number of nitrogens with zero attached hydrogens (tertiary/aromatic N) is 2. The number of aromatic nitrogens is 2. The highest BCUT2D eigenvalue weighted by molar-refractivity contribution is 6.04. The molecule has 0 aliphatic rings. The molecule has 0 fully saturated rings. The van der Waals surface area contributed by atoms with E-state index in [0.717, 1.165) is 6.07 Å². The summed E-state index contributed by atoms with van der Waals surface area (Å²) in [6.45, 7) is 0. The molecule has 24 heavy (non-hydrogen) atoms. The molecule has 0 bridgehead atoms. The van der Waals surface area contributed by atoms with E-state index in [1.165, 1.54) is 23.9 Å². The number of nitrogens with one attached hydrogen (secondary N) is 1. The van der Waals surface area contributed by atoms with Crippen molar-refractivity contribution in [3.63, 3.8) is 0 Å². The highest BCUT2D eigenvalue weighted by Crippen LogP contribution is 2.16. The maximum absolute atomic E-state index is 13.4. The van der Waals surface area contributed by atoms with Crippen LogP contribution in [-0.4, -0.2) is 22.8 Å². The number of halogens is 1. The second-order valence-electron chi connectivity index (χ2n) is 5.15. The number of hydrogen-bond acceptors (Lipinski definition) is 4. The van der Waals surface area contributed by atoms with Gasteiger partial charge in [0.15, 0.2) is 5.69 Å². The number of rotatable bonds is 3. The molecule has 1 aromatic heterocycles. The van der Waals surface area contributed by atoms with Gasteiger partial charge in [-0.25, -0.2) is 4.39 Å². The number of ether oxygens (including phenoxy) is 1. The lowest BCUT2D eigenvalue weighted by molar-refractivity contribution is 0.101. The van der Waals surface area contributed by atoms with Gasteiger partial charge in [-0.2, -0.15) is 5.10 Å². The molecule has 6 nitrogen and oxygen atoms in total. The molecule has 0 radical (unpaired) electrons. The summed E-state index contributed by atoms with van der Waals surface area (Å²) >= 11 is 0. The third kappa shape index (κ3) is 2.83. The fourth-order valence-corrected chi connectivity index (χ4v) is 2.36. The first-order valence-corrected chi connectivity index (χ1v) is 7.11. The third-order valence-electron chi connectivity index (χ3n) is 3.58. The summed E-state index contributed by atoms with van der Waals surface area (Å²) in [7, 11) is 3.12. The van der Waals surface area contributed by atoms with Crippen LogP contribution in [0.1, 0.15) is 10.5 Å². The van der Waals surface area contributed by atoms with Crippen LogP contribution in [0.25, 0.3) is 10.9 Å². The summed E-state index contributed by atoms with van der Waals surface area (Å²) in [6, 6.07) is 10.4. The van der Waals surface area contributed by atoms with E-state index in [-0.39, 0.29) is 11.1 Å². The van der Waals surface area contributed by atoms with Gasteiger partial charge in [0.1, 0.15) is 11.6 Å². The fraction of sp³-hybridized carbons (Fsp3) is 0.118. The van der Waals surface area contributed by atoms with Crippen LogP contribution in [0.2, 0.25) is 0 Å². The lowest BCUT2D eigenvalue weighted by atomic mass is 10.2. The number of fused-ring (bicyclic) bond motifs is 1. The first kappa shape index (κ1) is 15.7. The van der Waals surface area contributed by atoms with Crippen LogP contribution in [0.5, 0.6) is 5.75 Å². The van der Waals surface area contributed by atoms with Gasteiger partial charge in [-0.15, -0.1) is 0 Å². The van der Waals surface area contributed by atoms with Crippen LogP contribution in [0.3, 0.4) is 0 Å². The Bertz CT molecular complexity index is 981. The minimum Gasteiger partial charge on any atom is -0.497 e. The van der Waals surface area contributed by atoms with Crippen LogP contribution in [0, 0.1) is 5.82 Å². The van der Waals surface area contributed by atoms with Gasteiger partial charge in [0, 0.05) is 12.7 Å². The topological polar surface area (TPSA) is 73.2 Å². The molecule has 0 saturated heterocycles. The van der Waals surface area contributed by atoms with Gasteiger partial charge in [-0.05, 0) is 42.5 Å². The molecule has 2 aromatic carbocycles. The van der Waals surface area contributed by atoms with Crippen molar-refractivity contribution >= 4 is 22.5 Å². The molecule has 0 aliphatic heterocycles. The Labute approximate surface area is 136 Å². The Kier molecular flexibility index (Phi) is 3.99. The van der Waals surface area contributed by atoms with E-state index in [1.807, 2.05) is 0 Å². The lowest BCUT2D eigenvalue weighted by Gasteiger charge is -2.09. The van der Waals surface area contributed by atoms with Gasteiger partial charge < -0.3 is 10.1 Å². The summed E-state index contributed by atoms with van der Waals surface area (Å²) in [4.78, 5) is 24.8. The molecule has 1 N–H and O–H groups in total. The van der Waals surface area contributed by atoms with Gasteiger partial charge in [0.2, 0.25) is 5.43 Å². The number of hydrogen-bond donors (Lipinski definition) is 1. The zero-order valence-electron chi connectivity index (χ0n) is 13.0. The van der Waals surface area contributed by atoms with Gasteiger partial charge in [0.25, 0.3) is 5.91 Å². The minimum atomic E-state index is -0.660. The number of benzene rings is 2.